The molecule has 0 bridgehead atoms. The van der Waals surface area contributed by atoms with Crippen molar-refractivity contribution in [1.29, 1.82) is 0 Å². The van der Waals surface area contributed by atoms with Crippen LogP contribution < -0.4 is 10.1 Å². The summed E-state index contributed by atoms with van der Waals surface area (Å²) in [5.41, 5.74) is 0.850. The topological polar surface area (TPSA) is 78.9 Å². The van der Waals surface area contributed by atoms with E-state index >= 15 is 0 Å². The zero-order valence-electron chi connectivity index (χ0n) is 15.4. The van der Waals surface area contributed by atoms with Crippen molar-refractivity contribution in [2.24, 2.45) is 5.41 Å². The number of hydrogen-bond donors (Lipinski definition) is 2. The standard InChI is InChI=1S/C19H28N2O4/c1-19(2,3)10-17(22)21(14-9-16(18(23)24)20-11-14)12-13-6-5-7-15(8-13)25-4/h5-8,14,16,20H,9-12H2,1-4H3,(H,23,24)/t14-,16+/m1/s1. The third kappa shape index (κ3) is 5.46. The fourth-order valence-corrected chi connectivity index (χ4v) is 3.09. The third-order valence-corrected chi connectivity index (χ3v) is 4.34. The Morgan fingerprint density at radius 2 is 2.08 bits per heavy atom. The van der Waals surface area contributed by atoms with Crippen molar-refractivity contribution in [2.45, 2.75) is 52.2 Å². The second-order valence-electron chi connectivity index (χ2n) is 7.80. The first-order valence-electron chi connectivity index (χ1n) is 8.58. The van der Waals surface area contributed by atoms with E-state index in [1.807, 2.05) is 49.9 Å². The minimum absolute atomic E-state index is 0.0492. The third-order valence-electron chi connectivity index (χ3n) is 4.34. The molecule has 138 valence electrons. The average molecular weight is 348 g/mol. The van der Waals surface area contributed by atoms with Crippen molar-refractivity contribution in [3.8, 4) is 5.75 Å². The Morgan fingerprint density at radius 1 is 1.36 bits per heavy atom. The normalized spacial score (nSPS) is 20.3. The smallest absolute Gasteiger partial charge is 0.320 e. The SMILES string of the molecule is COc1cccc(CN(C(=O)CC(C)(C)C)[C@H]2CN[C@H](C(=O)O)C2)c1. The van der Waals surface area contributed by atoms with Gasteiger partial charge in [0.05, 0.1) is 7.11 Å². The molecule has 1 aliphatic heterocycles. The number of aliphatic carboxylic acids is 1. The fraction of sp³-hybridized carbons (Fsp3) is 0.579. The van der Waals surface area contributed by atoms with Gasteiger partial charge < -0.3 is 20.1 Å². The Bertz CT molecular complexity index is 624. The molecule has 25 heavy (non-hydrogen) atoms. The summed E-state index contributed by atoms with van der Waals surface area (Å²) in [7, 11) is 1.61. The van der Waals surface area contributed by atoms with E-state index in [4.69, 9.17) is 4.74 Å². The number of methoxy groups -OCH3 is 1. The number of hydrogen-bond acceptors (Lipinski definition) is 4. The first-order valence-corrected chi connectivity index (χ1v) is 8.58. The molecule has 2 atom stereocenters. The zero-order chi connectivity index (χ0) is 18.6. The highest BCUT2D eigenvalue weighted by Gasteiger charge is 2.35. The highest BCUT2D eigenvalue weighted by Crippen LogP contribution is 2.25. The molecule has 1 saturated heterocycles. The number of carboxylic acid groups (broad SMARTS) is 1. The van der Waals surface area contributed by atoms with Crippen molar-refractivity contribution in [2.75, 3.05) is 13.7 Å². The first-order chi connectivity index (χ1) is 11.7. The summed E-state index contributed by atoms with van der Waals surface area (Å²) in [6.07, 6.45) is 0.848. The molecule has 0 radical (unpaired) electrons. The summed E-state index contributed by atoms with van der Waals surface area (Å²) in [6, 6.07) is 6.91. The molecule has 6 nitrogen and oxygen atoms in total. The Balaban J connectivity index is 2.19. The van der Waals surface area contributed by atoms with E-state index in [1.54, 1.807) is 7.11 Å². The summed E-state index contributed by atoms with van der Waals surface area (Å²) in [5, 5.41) is 12.2. The van der Waals surface area contributed by atoms with Gasteiger partial charge in [0.1, 0.15) is 11.8 Å². The molecule has 0 spiro atoms. The van der Waals surface area contributed by atoms with Crippen molar-refractivity contribution in [3.63, 3.8) is 0 Å². The van der Waals surface area contributed by atoms with E-state index in [-0.39, 0.29) is 17.4 Å². The van der Waals surface area contributed by atoms with Gasteiger partial charge in [0.25, 0.3) is 0 Å². The van der Waals surface area contributed by atoms with Crippen LogP contribution in [0.2, 0.25) is 0 Å². The molecule has 1 heterocycles. The van der Waals surface area contributed by atoms with E-state index in [9.17, 15) is 14.7 Å². The highest BCUT2D eigenvalue weighted by molar-refractivity contribution is 5.78. The van der Waals surface area contributed by atoms with Gasteiger partial charge in [0, 0.05) is 25.6 Å². The van der Waals surface area contributed by atoms with E-state index in [2.05, 4.69) is 5.32 Å². The lowest BCUT2D eigenvalue weighted by molar-refractivity contribution is -0.140. The van der Waals surface area contributed by atoms with E-state index in [0.717, 1.165) is 11.3 Å². The van der Waals surface area contributed by atoms with Crippen LogP contribution in [0.15, 0.2) is 24.3 Å². The van der Waals surface area contributed by atoms with Gasteiger partial charge in [-0.25, -0.2) is 0 Å². The van der Waals surface area contributed by atoms with Gasteiger partial charge in [-0.3, -0.25) is 9.59 Å². The van der Waals surface area contributed by atoms with Gasteiger partial charge in [-0.2, -0.15) is 0 Å². The summed E-state index contributed by atoms with van der Waals surface area (Å²) < 4.78 is 5.26. The molecule has 1 amide bonds. The van der Waals surface area contributed by atoms with Crippen LogP contribution in [0.5, 0.6) is 5.75 Å². The Kier molecular flexibility index (Phi) is 6.06. The molecule has 2 rings (SSSR count). The van der Waals surface area contributed by atoms with Crippen LogP contribution >= 0.6 is 0 Å². The van der Waals surface area contributed by atoms with Gasteiger partial charge in [0.2, 0.25) is 5.91 Å². The van der Waals surface area contributed by atoms with Gasteiger partial charge in [0.15, 0.2) is 0 Å². The van der Waals surface area contributed by atoms with E-state index in [1.165, 1.54) is 0 Å². The molecule has 0 saturated carbocycles. The summed E-state index contributed by atoms with van der Waals surface area (Å²) in [6.45, 7) is 7.03. The maximum atomic E-state index is 12.9. The largest absolute Gasteiger partial charge is 0.497 e. The van der Waals surface area contributed by atoms with Gasteiger partial charge >= 0.3 is 5.97 Å². The number of nitrogens with one attached hydrogen (secondary N) is 1. The molecule has 1 fully saturated rings. The molecule has 6 heteroatoms. The van der Waals surface area contributed by atoms with Crippen LogP contribution in [-0.2, 0) is 16.1 Å². The van der Waals surface area contributed by atoms with Crippen LogP contribution in [0.4, 0.5) is 0 Å². The number of benzene rings is 1. The van der Waals surface area contributed by atoms with Crippen LogP contribution in [-0.4, -0.2) is 47.6 Å². The number of carboxylic acids is 1. The maximum Gasteiger partial charge on any atom is 0.320 e. The first kappa shape index (κ1) is 19.2. The molecule has 1 aromatic rings. The maximum absolute atomic E-state index is 12.9. The summed E-state index contributed by atoms with van der Waals surface area (Å²) in [5.74, 6) is -0.0751. The van der Waals surface area contributed by atoms with Crippen LogP contribution in [0.3, 0.4) is 0 Å². The number of carbonyl (C=O) groups is 2. The predicted molar refractivity (Wildman–Crippen MR) is 95.4 cm³/mol. The average Bonchev–Trinajstić information content (AvgIpc) is 3.01. The second kappa shape index (κ2) is 7.87. The number of ether oxygens (including phenoxy) is 1. The molecule has 2 N–H and O–H groups in total. The fourth-order valence-electron chi connectivity index (χ4n) is 3.09. The van der Waals surface area contributed by atoms with Crippen LogP contribution in [0.1, 0.15) is 39.2 Å². The number of amides is 1. The molecule has 1 aliphatic rings. The quantitative estimate of drug-likeness (QED) is 0.824. The summed E-state index contributed by atoms with van der Waals surface area (Å²) >= 11 is 0. The minimum atomic E-state index is -0.868. The van der Waals surface area contributed by atoms with Crippen LogP contribution in [0.25, 0.3) is 0 Å². The molecule has 0 aromatic heterocycles. The van der Waals surface area contributed by atoms with E-state index < -0.39 is 12.0 Å². The summed E-state index contributed by atoms with van der Waals surface area (Å²) in [4.78, 5) is 25.9. The lowest BCUT2D eigenvalue weighted by Gasteiger charge is -2.31. The van der Waals surface area contributed by atoms with Crippen LogP contribution in [0, 0.1) is 5.41 Å². The molecule has 0 unspecified atom stereocenters. The Labute approximate surface area is 149 Å². The van der Waals surface area contributed by atoms with Crippen molar-refractivity contribution in [3.05, 3.63) is 29.8 Å². The second-order valence-corrected chi connectivity index (χ2v) is 7.80. The number of nitrogens with zero attached hydrogens (tertiary/aromatic N) is 1. The zero-order valence-corrected chi connectivity index (χ0v) is 15.4. The number of carbonyl (C=O) groups excluding carboxylic acids is 1. The van der Waals surface area contributed by atoms with E-state index in [0.29, 0.717) is 25.9 Å². The Morgan fingerprint density at radius 3 is 2.64 bits per heavy atom. The lowest BCUT2D eigenvalue weighted by atomic mass is 9.91. The number of rotatable bonds is 6. The Hall–Kier alpha value is -2.08. The van der Waals surface area contributed by atoms with Gasteiger partial charge in [-0.15, -0.1) is 0 Å². The monoisotopic (exact) mass is 348 g/mol. The van der Waals surface area contributed by atoms with Crippen molar-refractivity contribution >= 4 is 11.9 Å². The lowest BCUT2D eigenvalue weighted by Crippen LogP contribution is -2.42. The predicted octanol–water partition coefficient (Wildman–Crippen LogP) is 2.28. The minimum Gasteiger partial charge on any atom is -0.497 e. The van der Waals surface area contributed by atoms with Gasteiger partial charge in [-0.05, 0) is 29.5 Å². The molecular weight excluding hydrogens is 320 g/mol. The van der Waals surface area contributed by atoms with Crippen molar-refractivity contribution < 1.29 is 19.4 Å². The molecular formula is C19H28N2O4. The molecule has 1 aromatic carbocycles. The van der Waals surface area contributed by atoms with Gasteiger partial charge in [-0.1, -0.05) is 32.9 Å². The highest BCUT2D eigenvalue weighted by atomic mass is 16.5. The molecule has 0 aliphatic carbocycles. The van der Waals surface area contributed by atoms with Crippen molar-refractivity contribution in [1.82, 2.24) is 10.2 Å².